The minimum atomic E-state index is -1.35. The van der Waals surface area contributed by atoms with Gasteiger partial charge in [-0.25, -0.2) is 0 Å². The fraction of sp³-hybridized carbons (Fsp3) is 0.907. The van der Waals surface area contributed by atoms with Crippen molar-refractivity contribution in [2.24, 2.45) is 0 Å². The molecule has 12 heteroatoms. The maximum Gasteiger partial charge on any atom is 0.306 e. The molecule has 0 N–H and O–H groups in total. The van der Waals surface area contributed by atoms with Crippen molar-refractivity contribution in [1.82, 2.24) is 0 Å². The summed E-state index contributed by atoms with van der Waals surface area (Å²) in [5.41, 5.74) is 0. The molecule has 0 saturated carbocycles. The maximum absolute atomic E-state index is 13.0. The predicted molar refractivity (Wildman–Crippen MR) is 218 cm³/mol. The highest BCUT2D eigenvalue weighted by molar-refractivity contribution is 7.80. The van der Waals surface area contributed by atoms with Crippen LogP contribution in [0, 0.1) is 0 Å². The molecule has 0 aliphatic heterocycles. The molecule has 0 fully saturated rings. The monoisotopic (exact) mass is 804 g/mol. The largest absolute Gasteiger partial charge is 0.550 e. The molecule has 0 aromatic carbocycles. The topological polar surface area (TPSA) is 147 Å². The first kappa shape index (κ1) is 53.1. The van der Waals surface area contributed by atoms with E-state index in [1.54, 1.807) is 0 Å². The van der Waals surface area contributed by atoms with Gasteiger partial charge in [0, 0.05) is 31.0 Å². The molecule has 0 rings (SSSR count). The highest BCUT2D eigenvalue weighted by atomic mass is 32.1. The van der Waals surface area contributed by atoms with Gasteiger partial charge in [0.25, 0.3) is 0 Å². The average Bonchev–Trinajstić information content (AvgIpc) is 3.17. The van der Waals surface area contributed by atoms with Crippen LogP contribution >= 0.6 is 12.6 Å². The van der Waals surface area contributed by atoms with Crippen LogP contribution in [0.15, 0.2) is 0 Å². The molecule has 0 spiro atoms. The number of carbonyl (C=O) groups excluding carboxylic acids is 4. The summed E-state index contributed by atoms with van der Waals surface area (Å²) < 4.78 is 33.6. The SMILES string of the molecule is CCCCCCCCCCCCCC(=O)OCC(CC(COC(=O)CCC(=O)[O-])OCCOCCOCCS)OC(=O)CCCCCCCCCCCCC. The van der Waals surface area contributed by atoms with Crippen LogP contribution in [0.3, 0.4) is 0 Å². The summed E-state index contributed by atoms with van der Waals surface area (Å²) in [5.74, 6) is -2.16. The second-order valence-corrected chi connectivity index (χ2v) is 15.0. The van der Waals surface area contributed by atoms with Gasteiger partial charge in [-0.15, -0.1) is 0 Å². The third-order valence-electron chi connectivity index (χ3n) is 9.38. The van der Waals surface area contributed by atoms with Crippen LogP contribution < -0.4 is 5.11 Å². The Morgan fingerprint density at radius 2 is 0.873 bits per heavy atom. The molecular formula is C43H79O11S-. The number of carbonyl (C=O) groups is 4. The first-order valence-corrected chi connectivity index (χ1v) is 22.5. The van der Waals surface area contributed by atoms with Crippen LogP contribution in [0.2, 0.25) is 0 Å². The molecule has 0 aromatic heterocycles. The van der Waals surface area contributed by atoms with E-state index in [-0.39, 0.29) is 57.6 Å². The molecule has 11 nitrogen and oxygen atoms in total. The Morgan fingerprint density at radius 1 is 0.473 bits per heavy atom. The third-order valence-corrected chi connectivity index (χ3v) is 9.56. The third kappa shape index (κ3) is 40.1. The summed E-state index contributed by atoms with van der Waals surface area (Å²) in [6.07, 6.45) is 24.2. The van der Waals surface area contributed by atoms with E-state index in [9.17, 15) is 24.3 Å². The smallest absolute Gasteiger partial charge is 0.306 e. The first-order valence-electron chi connectivity index (χ1n) is 21.9. The van der Waals surface area contributed by atoms with Crippen molar-refractivity contribution in [3.8, 4) is 0 Å². The van der Waals surface area contributed by atoms with E-state index < -0.39 is 30.6 Å². The number of unbranched alkanes of at least 4 members (excludes halogenated alkanes) is 20. The number of hydrogen-bond donors (Lipinski definition) is 1. The van der Waals surface area contributed by atoms with E-state index in [4.69, 9.17) is 28.4 Å². The number of hydrogen-bond acceptors (Lipinski definition) is 12. The van der Waals surface area contributed by atoms with Gasteiger partial charge >= 0.3 is 17.9 Å². The molecule has 324 valence electrons. The highest BCUT2D eigenvalue weighted by Gasteiger charge is 2.24. The van der Waals surface area contributed by atoms with Gasteiger partial charge in [0.05, 0.1) is 45.6 Å². The quantitative estimate of drug-likeness (QED) is 0.0273. The van der Waals surface area contributed by atoms with Gasteiger partial charge in [0.2, 0.25) is 0 Å². The maximum atomic E-state index is 13.0. The van der Waals surface area contributed by atoms with Crippen molar-refractivity contribution in [1.29, 1.82) is 0 Å². The van der Waals surface area contributed by atoms with Gasteiger partial charge in [-0.2, -0.15) is 12.6 Å². The summed E-state index contributed by atoms with van der Waals surface area (Å²) >= 11 is 4.11. The Kier molecular flexibility index (Phi) is 40.3. The van der Waals surface area contributed by atoms with Crippen molar-refractivity contribution in [2.75, 3.05) is 52.0 Å². The van der Waals surface area contributed by atoms with E-state index in [0.29, 0.717) is 38.4 Å². The van der Waals surface area contributed by atoms with Crippen molar-refractivity contribution in [3.05, 3.63) is 0 Å². The number of rotatable bonds is 43. The lowest BCUT2D eigenvalue weighted by Crippen LogP contribution is -2.34. The minimum absolute atomic E-state index is 0.106. The normalized spacial score (nSPS) is 12.3. The lowest BCUT2D eigenvalue weighted by Gasteiger charge is -2.24. The zero-order chi connectivity index (χ0) is 40.5. The second-order valence-electron chi connectivity index (χ2n) is 14.6. The Balaban J connectivity index is 5.02. The number of esters is 3. The fourth-order valence-corrected chi connectivity index (χ4v) is 6.25. The average molecular weight is 804 g/mol. The van der Waals surface area contributed by atoms with E-state index >= 15 is 0 Å². The number of aliphatic carboxylic acids is 1. The molecule has 0 saturated heterocycles. The number of carboxylic acid groups (broad SMARTS) is 1. The summed E-state index contributed by atoms with van der Waals surface area (Å²) in [6.45, 7) is 5.84. The zero-order valence-corrected chi connectivity index (χ0v) is 35.7. The lowest BCUT2D eigenvalue weighted by molar-refractivity contribution is -0.305. The highest BCUT2D eigenvalue weighted by Crippen LogP contribution is 2.16. The summed E-state index contributed by atoms with van der Waals surface area (Å²) in [4.78, 5) is 48.7. The minimum Gasteiger partial charge on any atom is -0.550 e. The van der Waals surface area contributed by atoms with Gasteiger partial charge < -0.3 is 38.3 Å². The predicted octanol–water partition coefficient (Wildman–Crippen LogP) is 8.66. The second kappa shape index (κ2) is 41.7. The van der Waals surface area contributed by atoms with Gasteiger partial charge in [0.1, 0.15) is 19.3 Å². The standard InChI is InChI=1S/C43H80O11S/c1-3-5-7-9-11-13-15-17-19-21-23-25-41(46)53-37-39(54-43(48)26-24-22-20-18-16-14-12-10-8-6-4-2)35-38(36-52-42(47)28-27-40(44)45)51-32-31-49-29-30-50-33-34-55/h38-39,55H,3-37H2,1-2H3,(H,44,45)/p-1. The summed E-state index contributed by atoms with van der Waals surface area (Å²) in [5, 5.41) is 10.8. The Bertz CT molecular complexity index is 904. The molecule has 0 radical (unpaired) electrons. The van der Waals surface area contributed by atoms with Gasteiger partial charge in [0.15, 0.2) is 0 Å². The molecule has 2 unspecified atom stereocenters. The molecular weight excluding hydrogens is 725 g/mol. The van der Waals surface area contributed by atoms with Crippen molar-refractivity contribution in [3.63, 3.8) is 0 Å². The van der Waals surface area contributed by atoms with Crippen LogP contribution in [0.25, 0.3) is 0 Å². The number of carboxylic acids is 1. The first-order chi connectivity index (χ1) is 26.8. The lowest BCUT2D eigenvalue weighted by atomic mass is 10.1. The summed E-state index contributed by atoms with van der Waals surface area (Å²) in [6, 6.07) is 0. The van der Waals surface area contributed by atoms with E-state index in [0.717, 1.165) is 38.5 Å². The molecule has 55 heavy (non-hydrogen) atoms. The Morgan fingerprint density at radius 3 is 1.35 bits per heavy atom. The van der Waals surface area contributed by atoms with Gasteiger partial charge in [-0.05, 0) is 19.3 Å². The molecule has 2 atom stereocenters. The Hall–Kier alpha value is -1.89. The van der Waals surface area contributed by atoms with Crippen LogP contribution in [-0.4, -0.2) is 88.1 Å². The van der Waals surface area contributed by atoms with Crippen molar-refractivity contribution >= 4 is 36.5 Å². The van der Waals surface area contributed by atoms with Crippen LogP contribution in [0.4, 0.5) is 0 Å². The number of thiol groups is 1. The molecule has 0 aliphatic carbocycles. The molecule has 0 heterocycles. The molecule has 0 aromatic rings. The Labute approximate surface area is 339 Å². The summed E-state index contributed by atoms with van der Waals surface area (Å²) in [7, 11) is 0. The molecule has 0 bridgehead atoms. The zero-order valence-electron chi connectivity index (χ0n) is 34.8. The van der Waals surface area contributed by atoms with E-state index in [1.807, 2.05) is 0 Å². The van der Waals surface area contributed by atoms with E-state index in [2.05, 4.69) is 26.5 Å². The number of ether oxygens (including phenoxy) is 6. The fourth-order valence-electron chi connectivity index (χ4n) is 6.12. The van der Waals surface area contributed by atoms with Crippen molar-refractivity contribution in [2.45, 2.75) is 199 Å². The van der Waals surface area contributed by atoms with Gasteiger partial charge in [-0.3, -0.25) is 14.4 Å². The molecule has 0 aliphatic rings. The van der Waals surface area contributed by atoms with Crippen LogP contribution in [0.1, 0.15) is 187 Å². The van der Waals surface area contributed by atoms with E-state index in [1.165, 1.54) is 96.3 Å². The van der Waals surface area contributed by atoms with Crippen LogP contribution in [-0.2, 0) is 47.6 Å². The molecule has 0 amide bonds. The van der Waals surface area contributed by atoms with Crippen LogP contribution in [0.5, 0.6) is 0 Å². The van der Waals surface area contributed by atoms with Gasteiger partial charge in [-0.1, -0.05) is 142 Å². The van der Waals surface area contributed by atoms with Crippen molar-refractivity contribution < 1.29 is 52.7 Å².